The summed E-state index contributed by atoms with van der Waals surface area (Å²) in [5.41, 5.74) is 2.38. The monoisotopic (exact) mass is 288 g/mol. The molecular weight excluding hydrogens is 268 g/mol. The van der Waals surface area contributed by atoms with Gasteiger partial charge in [-0.15, -0.1) is 0 Å². The predicted molar refractivity (Wildman–Crippen MR) is 86.9 cm³/mol. The van der Waals surface area contributed by atoms with Gasteiger partial charge in [-0.1, -0.05) is 25.1 Å². The number of hydrogen-bond donors (Lipinski definition) is 0. The molecule has 0 N–H and O–H groups in total. The van der Waals surface area contributed by atoms with E-state index in [1.54, 1.807) is 0 Å². The van der Waals surface area contributed by atoms with E-state index in [2.05, 4.69) is 48.9 Å². The molecule has 4 heteroatoms. The minimum absolute atomic E-state index is 0.304. The number of fused-ring (bicyclic) bond motifs is 1. The molecule has 1 aromatic heterocycles. The van der Waals surface area contributed by atoms with Crippen LogP contribution in [-0.4, -0.2) is 34.6 Å². The lowest BCUT2D eigenvalue weighted by Crippen LogP contribution is -2.09. The molecule has 3 nitrogen and oxygen atoms in total. The van der Waals surface area contributed by atoms with Gasteiger partial charge >= 0.3 is 0 Å². The normalized spacial score (nSPS) is 18.3. The number of aryl methyl sites for hydroxylation is 1. The predicted octanol–water partition coefficient (Wildman–Crippen LogP) is 3.56. The molecule has 0 saturated heterocycles. The van der Waals surface area contributed by atoms with Crippen LogP contribution in [0.4, 0.5) is 0 Å². The van der Waals surface area contributed by atoms with Gasteiger partial charge < -0.3 is 9.30 Å². The molecule has 1 aromatic carbocycles. The zero-order chi connectivity index (χ0) is 13.9. The second kappa shape index (κ2) is 5.92. The van der Waals surface area contributed by atoms with Crippen LogP contribution >= 0.6 is 11.8 Å². The van der Waals surface area contributed by atoms with Crippen molar-refractivity contribution in [3.63, 3.8) is 0 Å². The van der Waals surface area contributed by atoms with Gasteiger partial charge in [-0.05, 0) is 18.7 Å². The van der Waals surface area contributed by atoms with Gasteiger partial charge in [-0.2, -0.15) is 11.8 Å². The molecular formula is C16H20N2OS. The van der Waals surface area contributed by atoms with E-state index in [0.29, 0.717) is 12.6 Å². The molecule has 0 saturated carbocycles. The summed E-state index contributed by atoms with van der Waals surface area (Å²) >= 11 is 1.92. The van der Waals surface area contributed by atoms with Crippen molar-refractivity contribution in [1.29, 1.82) is 0 Å². The van der Waals surface area contributed by atoms with Crippen LogP contribution in [0.1, 0.15) is 19.4 Å². The lowest BCUT2D eigenvalue weighted by atomic mass is 10.2. The summed E-state index contributed by atoms with van der Waals surface area (Å²) in [4.78, 5) is 4.75. The summed E-state index contributed by atoms with van der Waals surface area (Å²) in [6.07, 6.45) is 2.17. The topological polar surface area (TPSA) is 26.5 Å². The Balaban J connectivity index is 1.95. The fourth-order valence-electron chi connectivity index (χ4n) is 2.58. The lowest BCUT2D eigenvalue weighted by Gasteiger charge is -2.01. The second-order valence-corrected chi connectivity index (χ2v) is 6.22. The molecule has 1 aliphatic rings. The molecule has 1 atom stereocenters. The molecule has 0 amide bonds. The second-order valence-electron chi connectivity index (χ2n) is 4.90. The Bertz CT molecular complexity index is 632. The molecule has 2 heterocycles. The first-order valence-corrected chi connectivity index (χ1v) is 8.35. The summed E-state index contributed by atoms with van der Waals surface area (Å²) in [6.45, 7) is 6.02. The van der Waals surface area contributed by atoms with E-state index in [9.17, 15) is 0 Å². The third kappa shape index (κ3) is 2.44. The molecule has 1 aliphatic heterocycles. The average molecular weight is 288 g/mol. The van der Waals surface area contributed by atoms with Crippen molar-refractivity contribution in [1.82, 2.24) is 4.57 Å². The van der Waals surface area contributed by atoms with Crippen molar-refractivity contribution < 1.29 is 4.74 Å². The number of aromatic nitrogens is 1. The van der Waals surface area contributed by atoms with Crippen molar-refractivity contribution >= 4 is 28.6 Å². The van der Waals surface area contributed by atoms with E-state index < -0.39 is 0 Å². The summed E-state index contributed by atoms with van der Waals surface area (Å²) in [7, 11) is 0. The van der Waals surface area contributed by atoms with Gasteiger partial charge in [-0.25, -0.2) is 4.99 Å². The zero-order valence-electron chi connectivity index (χ0n) is 12.0. The minimum atomic E-state index is 0.304. The van der Waals surface area contributed by atoms with E-state index >= 15 is 0 Å². The number of benzene rings is 1. The fraction of sp³-hybridized carbons (Fsp3) is 0.438. The smallest absolute Gasteiger partial charge is 0.218 e. The Morgan fingerprint density at radius 2 is 2.20 bits per heavy atom. The van der Waals surface area contributed by atoms with Crippen LogP contribution in [0.25, 0.3) is 10.9 Å². The maximum atomic E-state index is 5.84. The standard InChI is InChI=1S/C16H20N2OS/c1-3-18-9-14(13-7-5-6-8-15(13)18)16-17-12(10-19-16)11-20-4-2/h5-9,12H,3-4,10-11H2,1-2H3. The quantitative estimate of drug-likeness (QED) is 0.841. The Morgan fingerprint density at radius 3 is 3.00 bits per heavy atom. The summed E-state index contributed by atoms with van der Waals surface area (Å²) in [5, 5.41) is 1.23. The van der Waals surface area contributed by atoms with Crippen molar-refractivity contribution in [2.75, 3.05) is 18.1 Å². The van der Waals surface area contributed by atoms with Crippen LogP contribution in [-0.2, 0) is 11.3 Å². The van der Waals surface area contributed by atoms with Crippen LogP contribution < -0.4 is 0 Å². The van der Waals surface area contributed by atoms with Crippen LogP contribution in [0.5, 0.6) is 0 Å². The fourth-order valence-corrected chi connectivity index (χ4v) is 3.26. The van der Waals surface area contributed by atoms with E-state index in [4.69, 9.17) is 9.73 Å². The molecule has 3 rings (SSSR count). The SMILES string of the molecule is CCSCC1COC(c2cn(CC)c3ccccc23)=N1. The highest BCUT2D eigenvalue weighted by atomic mass is 32.2. The lowest BCUT2D eigenvalue weighted by molar-refractivity contribution is 0.325. The maximum Gasteiger partial charge on any atom is 0.218 e. The molecule has 0 aliphatic carbocycles. The molecule has 0 fully saturated rings. The third-order valence-electron chi connectivity index (χ3n) is 3.59. The molecule has 0 radical (unpaired) electrons. The number of para-hydroxylation sites is 1. The number of nitrogens with zero attached hydrogens (tertiary/aromatic N) is 2. The van der Waals surface area contributed by atoms with Crippen molar-refractivity contribution in [2.45, 2.75) is 26.4 Å². The maximum absolute atomic E-state index is 5.84. The largest absolute Gasteiger partial charge is 0.475 e. The van der Waals surface area contributed by atoms with E-state index in [1.807, 2.05) is 11.8 Å². The first-order chi connectivity index (χ1) is 9.83. The van der Waals surface area contributed by atoms with Gasteiger partial charge in [0.15, 0.2) is 0 Å². The van der Waals surface area contributed by atoms with Crippen molar-refractivity contribution in [3.05, 3.63) is 36.0 Å². The Kier molecular flexibility index (Phi) is 4.01. The molecule has 0 spiro atoms. The summed E-state index contributed by atoms with van der Waals surface area (Å²) < 4.78 is 8.09. The Hall–Kier alpha value is -1.42. The Labute approximate surface area is 124 Å². The van der Waals surface area contributed by atoms with E-state index in [-0.39, 0.29) is 0 Å². The highest BCUT2D eigenvalue weighted by molar-refractivity contribution is 7.99. The van der Waals surface area contributed by atoms with Gasteiger partial charge in [0.05, 0.1) is 11.6 Å². The van der Waals surface area contributed by atoms with Crippen LogP contribution in [0.3, 0.4) is 0 Å². The van der Waals surface area contributed by atoms with Crippen LogP contribution in [0.15, 0.2) is 35.5 Å². The highest BCUT2D eigenvalue weighted by Crippen LogP contribution is 2.25. The molecule has 20 heavy (non-hydrogen) atoms. The number of thioether (sulfide) groups is 1. The number of aliphatic imine (C=N–C) groups is 1. The number of hydrogen-bond acceptors (Lipinski definition) is 3. The van der Waals surface area contributed by atoms with E-state index in [1.165, 1.54) is 10.9 Å². The van der Waals surface area contributed by atoms with Crippen LogP contribution in [0, 0.1) is 0 Å². The summed E-state index contributed by atoms with van der Waals surface area (Å²) in [5.74, 6) is 3.00. The average Bonchev–Trinajstić information content (AvgIpc) is 3.09. The van der Waals surface area contributed by atoms with Gasteiger partial charge in [0.25, 0.3) is 0 Å². The minimum Gasteiger partial charge on any atom is -0.475 e. The molecule has 2 aromatic rings. The number of rotatable bonds is 5. The number of ether oxygens (including phenoxy) is 1. The highest BCUT2D eigenvalue weighted by Gasteiger charge is 2.22. The molecule has 1 unspecified atom stereocenters. The van der Waals surface area contributed by atoms with Crippen molar-refractivity contribution in [3.8, 4) is 0 Å². The van der Waals surface area contributed by atoms with Crippen LogP contribution in [0.2, 0.25) is 0 Å². The zero-order valence-corrected chi connectivity index (χ0v) is 12.8. The molecule has 0 bridgehead atoms. The van der Waals surface area contributed by atoms with Gasteiger partial charge in [0.2, 0.25) is 5.90 Å². The first-order valence-electron chi connectivity index (χ1n) is 7.20. The first kappa shape index (κ1) is 13.6. The van der Waals surface area contributed by atoms with Gasteiger partial charge in [-0.3, -0.25) is 0 Å². The van der Waals surface area contributed by atoms with Gasteiger partial charge in [0, 0.05) is 29.4 Å². The molecule has 106 valence electrons. The third-order valence-corrected chi connectivity index (χ3v) is 4.62. The van der Waals surface area contributed by atoms with Crippen molar-refractivity contribution in [2.24, 2.45) is 4.99 Å². The summed E-state index contributed by atoms with van der Waals surface area (Å²) in [6, 6.07) is 8.76. The Morgan fingerprint density at radius 1 is 1.35 bits per heavy atom. The van der Waals surface area contributed by atoms with E-state index in [0.717, 1.165) is 29.5 Å². The van der Waals surface area contributed by atoms with Gasteiger partial charge in [0.1, 0.15) is 6.61 Å².